The van der Waals surface area contributed by atoms with Crippen LogP contribution in [-0.4, -0.2) is 20.9 Å². The van der Waals surface area contributed by atoms with Crippen molar-refractivity contribution in [2.45, 2.75) is 18.7 Å². The summed E-state index contributed by atoms with van der Waals surface area (Å²) in [5, 5.41) is 0. The molecule has 0 spiro atoms. The summed E-state index contributed by atoms with van der Waals surface area (Å²) in [6.07, 6.45) is 0. The van der Waals surface area contributed by atoms with Gasteiger partial charge in [0.05, 0.1) is 21.9 Å². The number of hydrogen-bond donors (Lipinski definition) is 0. The zero-order valence-electron chi connectivity index (χ0n) is 17.3. The summed E-state index contributed by atoms with van der Waals surface area (Å²) in [6.45, 7) is 4.01. The maximum atomic E-state index is 13.7. The molecule has 7 nitrogen and oxygen atoms in total. The number of fused-ring (bicyclic) bond motifs is 1. The van der Waals surface area contributed by atoms with Gasteiger partial charge in [-0.15, -0.1) is 0 Å². The van der Waals surface area contributed by atoms with Gasteiger partial charge in [-0.2, -0.15) is 4.31 Å². The van der Waals surface area contributed by atoms with Crippen molar-refractivity contribution in [3.8, 4) is 5.75 Å². The average molecular weight is 470 g/mol. The van der Waals surface area contributed by atoms with E-state index in [1.54, 1.807) is 31.2 Å². The van der Waals surface area contributed by atoms with Gasteiger partial charge in [0.1, 0.15) is 11.3 Å². The first-order valence-corrected chi connectivity index (χ1v) is 12.0. The Morgan fingerprint density at radius 2 is 1.78 bits per heavy atom. The molecule has 0 saturated heterocycles. The number of sulfonamides is 1. The van der Waals surface area contributed by atoms with Crippen LogP contribution in [0, 0.1) is 6.92 Å². The van der Waals surface area contributed by atoms with Crippen molar-refractivity contribution in [1.29, 1.82) is 0 Å². The predicted octanol–water partition coefficient (Wildman–Crippen LogP) is 4.60. The van der Waals surface area contributed by atoms with Crippen LogP contribution < -0.4 is 14.0 Å². The molecule has 4 rings (SSSR count). The molecule has 0 radical (unpaired) electrons. The third-order valence-corrected chi connectivity index (χ3v) is 7.30. The van der Waals surface area contributed by atoms with Gasteiger partial charge in [-0.3, -0.25) is 4.79 Å². The van der Waals surface area contributed by atoms with E-state index in [0.717, 1.165) is 15.6 Å². The molecule has 9 heteroatoms. The number of amides is 1. The van der Waals surface area contributed by atoms with Gasteiger partial charge in [-0.25, -0.2) is 13.2 Å². The molecule has 0 fully saturated rings. The molecule has 0 aliphatic carbocycles. The Kier molecular flexibility index (Phi) is 5.86. The molecule has 0 unspecified atom stereocenters. The van der Waals surface area contributed by atoms with Crippen LogP contribution in [-0.2, 0) is 10.0 Å². The number of ether oxygens (including phenoxy) is 1. The number of rotatable bonds is 6. The number of aryl methyl sites for hydroxylation is 1. The minimum Gasteiger partial charge on any atom is -0.494 e. The van der Waals surface area contributed by atoms with Crippen LogP contribution in [0.25, 0.3) is 10.3 Å². The van der Waals surface area contributed by atoms with E-state index in [2.05, 4.69) is 0 Å². The summed E-state index contributed by atoms with van der Waals surface area (Å²) in [5.74, 6) is -0.181. The van der Waals surface area contributed by atoms with Gasteiger partial charge < -0.3 is 9.15 Å². The van der Waals surface area contributed by atoms with Crippen molar-refractivity contribution in [2.75, 3.05) is 10.9 Å². The maximum Gasteiger partial charge on any atom is 0.396 e. The van der Waals surface area contributed by atoms with E-state index < -0.39 is 20.9 Å². The first-order valence-electron chi connectivity index (χ1n) is 9.73. The lowest BCUT2D eigenvalue weighted by atomic mass is 10.1. The molecule has 32 heavy (non-hydrogen) atoms. The highest BCUT2D eigenvalue weighted by Gasteiger charge is 2.33. The van der Waals surface area contributed by atoms with Crippen molar-refractivity contribution in [2.24, 2.45) is 0 Å². The lowest BCUT2D eigenvalue weighted by Gasteiger charge is -2.23. The fourth-order valence-corrected chi connectivity index (χ4v) is 5.35. The second kappa shape index (κ2) is 8.60. The monoisotopic (exact) mass is 469 g/mol. The molecule has 4 aromatic rings. The van der Waals surface area contributed by atoms with E-state index in [-0.39, 0.29) is 16.1 Å². The Labute approximate surface area is 188 Å². The van der Waals surface area contributed by atoms with Gasteiger partial charge in [-0.05, 0) is 67.9 Å². The van der Waals surface area contributed by atoms with Crippen molar-refractivity contribution < 1.29 is 22.4 Å². The lowest BCUT2D eigenvalue weighted by molar-refractivity contribution is 0.100. The van der Waals surface area contributed by atoms with Gasteiger partial charge in [0, 0.05) is 5.56 Å². The number of carbonyl (C=O) groups excluding carboxylic acids is 1. The number of hydrogen-bond acceptors (Lipinski definition) is 7. The highest BCUT2D eigenvalue weighted by molar-refractivity contribution is 7.93. The number of benzene rings is 3. The van der Waals surface area contributed by atoms with Crippen molar-refractivity contribution in [3.63, 3.8) is 0 Å². The van der Waals surface area contributed by atoms with E-state index >= 15 is 0 Å². The third-order valence-electron chi connectivity index (χ3n) is 4.78. The van der Waals surface area contributed by atoms with Crippen LogP contribution in [0.2, 0.25) is 0 Å². The third kappa shape index (κ3) is 4.04. The molecular formula is C23H19NO6S2. The summed E-state index contributed by atoms with van der Waals surface area (Å²) in [5.41, 5.74) is 1.32. The Morgan fingerprint density at radius 3 is 2.47 bits per heavy atom. The number of carbonyl (C=O) groups is 1. The van der Waals surface area contributed by atoms with Crippen LogP contribution in [0.4, 0.5) is 5.69 Å². The zero-order valence-corrected chi connectivity index (χ0v) is 18.9. The van der Waals surface area contributed by atoms with Crippen LogP contribution in [0.3, 0.4) is 0 Å². The Morgan fingerprint density at radius 1 is 1.06 bits per heavy atom. The van der Waals surface area contributed by atoms with Gasteiger partial charge in [0.2, 0.25) is 0 Å². The van der Waals surface area contributed by atoms with E-state index in [1.807, 2.05) is 6.92 Å². The Bertz CT molecular complexity index is 1450. The van der Waals surface area contributed by atoms with Crippen molar-refractivity contribution in [3.05, 3.63) is 87.6 Å². The van der Waals surface area contributed by atoms with Crippen LogP contribution in [0.5, 0.6) is 5.75 Å². The highest BCUT2D eigenvalue weighted by Crippen LogP contribution is 2.31. The second-order valence-electron chi connectivity index (χ2n) is 6.88. The summed E-state index contributed by atoms with van der Waals surface area (Å²) < 4.78 is 39.0. The lowest BCUT2D eigenvalue weighted by Crippen LogP contribution is -2.37. The first-order chi connectivity index (χ1) is 15.3. The molecule has 1 heterocycles. The average Bonchev–Trinajstić information content (AvgIpc) is 3.14. The smallest absolute Gasteiger partial charge is 0.396 e. The van der Waals surface area contributed by atoms with Gasteiger partial charge in [0.25, 0.3) is 15.9 Å². The summed E-state index contributed by atoms with van der Waals surface area (Å²) in [7, 11) is -4.29. The molecule has 0 atom stereocenters. The fourth-order valence-electron chi connectivity index (χ4n) is 3.25. The Hall–Kier alpha value is -3.43. The molecule has 0 N–H and O–H groups in total. The normalized spacial score (nSPS) is 11.4. The molecule has 3 aromatic carbocycles. The largest absolute Gasteiger partial charge is 0.494 e. The summed E-state index contributed by atoms with van der Waals surface area (Å²) in [4.78, 5) is 24.6. The molecule has 0 bridgehead atoms. The van der Waals surface area contributed by atoms with E-state index in [0.29, 0.717) is 28.2 Å². The van der Waals surface area contributed by atoms with Crippen LogP contribution >= 0.6 is 11.3 Å². The predicted molar refractivity (Wildman–Crippen MR) is 123 cm³/mol. The number of nitrogens with zero attached hydrogens (tertiary/aromatic N) is 1. The van der Waals surface area contributed by atoms with Crippen LogP contribution in [0.15, 0.2) is 80.8 Å². The van der Waals surface area contributed by atoms with Crippen molar-refractivity contribution in [1.82, 2.24) is 0 Å². The number of anilines is 1. The molecule has 164 valence electrons. The molecular weight excluding hydrogens is 450 g/mol. The Balaban J connectivity index is 1.88. The molecule has 1 aromatic heterocycles. The minimum atomic E-state index is -4.29. The van der Waals surface area contributed by atoms with Gasteiger partial charge in [-0.1, -0.05) is 29.5 Å². The molecule has 0 aliphatic rings. The SMILES string of the molecule is CCOc1ccc(S(=O)(=O)N(C(=O)c2ccccc2C)c2ccc3oc(=O)sc3c2)cc1. The maximum absolute atomic E-state index is 13.7. The fraction of sp³-hybridized carbons (Fsp3) is 0.130. The quantitative estimate of drug-likeness (QED) is 0.410. The second-order valence-corrected chi connectivity index (χ2v) is 9.64. The van der Waals surface area contributed by atoms with Crippen LogP contribution in [0.1, 0.15) is 22.8 Å². The van der Waals surface area contributed by atoms with Crippen molar-refractivity contribution >= 4 is 43.2 Å². The molecule has 1 amide bonds. The molecule has 0 aliphatic heterocycles. The highest BCUT2D eigenvalue weighted by atomic mass is 32.2. The van der Waals surface area contributed by atoms with E-state index in [1.165, 1.54) is 42.5 Å². The summed E-state index contributed by atoms with van der Waals surface area (Å²) >= 11 is 0.837. The standard InChI is InChI=1S/C23H19NO6S2/c1-3-29-17-9-11-18(12-10-17)32(27,28)24(22(25)19-7-5-4-6-15(19)2)16-8-13-20-21(14-16)31-23(26)30-20/h4-14H,3H2,1-2H3. The topological polar surface area (TPSA) is 93.9 Å². The van der Waals surface area contributed by atoms with Gasteiger partial charge >= 0.3 is 4.94 Å². The first kappa shape index (κ1) is 21.8. The van der Waals surface area contributed by atoms with E-state index in [4.69, 9.17) is 9.15 Å². The zero-order chi connectivity index (χ0) is 22.9. The minimum absolute atomic E-state index is 0.0663. The van der Waals surface area contributed by atoms with Gasteiger partial charge in [0.15, 0.2) is 0 Å². The summed E-state index contributed by atoms with van der Waals surface area (Å²) in [6, 6.07) is 17.0. The molecule has 0 saturated carbocycles. The van der Waals surface area contributed by atoms with E-state index in [9.17, 15) is 18.0 Å².